The van der Waals surface area contributed by atoms with Gasteiger partial charge in [0.25, 0.3) is 5.91 Å². The lowest BCUT2D eigenvalue weighted by molar-refractivity contribution is -0.0589. The van der Waals surface area contributed by atoms with Gasteiger partial charge in [-0.3, -0.25) is 4.79 Å². The third-order valence-electron chi connectivity index (χ3n) is 4.97. The van der Waals surface area contributed by atoms with Crippen LogP contribution in [-0.4, -0.2) is 54.4 Å². The van der Waals surface area contributed by atoms with Gasteiger partial charge in [-0.15, -0.1) is 0 Å². The molecule has 1 N–H and O–H groups in total. The molecule has 0 aromatic heterocycles. The van der Waals surface area contributed by atoms with E-state index >= 15 is 0 Å². The van der Waals surface area contributed by atoms with Crippen LogP contribution in [0.3, 0.4) is 0 Å². The van der Waals surface area contributed by atoms with Crippen molar-refractivity contribution in [3.63, 3.8) is 0 Å². The summed E-state index contributed by atoms with van der Waals surface area (Å²) in [6.07, 6.45) is 3.13. The monoisotopic (exact) mass is 333 g/mol. The van der Waals surface area contributed by atoms with Gasteiger partial charge in [-0.1, -0.05) is 13.0 Å². The minimum Gasteiger partial charge on any atom is -0.494 e. The molecule has 0 unspecified atom stereocenters. The zero-order valence-electron chi connectivity index (χ0n) is 14.3. The molecule has 5 nitrogen and oxygen atoms in total. The van der Waals surface area contributed by atoms with Gasteiger partial charge in [0.15, 0.2) is 0 Å². The fourth-order valence-electron chi connectivity index (χ4n) is 3.71. The van der Waals surface area contributed by atoms with Gasteiger partial charge in [-0.2, -0.15) is 0 Å². The van der Waals surface area contributed by atoms with E-state index in [0.717, 1.165) is 31.6 Å². The summed E-state index contributed by atoms with van der Waals surface area (Å²) in [5.74, 6) is 0.779. The summed E-state index contributed by atoms with van der Waals surface area (Å²) in [6, 6.07) is 7.47. The molecule has 1 amide bonds. The van der Waals surface area contributed by atoms with E-state index in [-0.39, 0.29) is 24.0 Å². The third kappa shape index (κ3) is 3.73. The Balaban J connectivity index is 1.73. The molecule has 0 radical (unpaired) electrons. The number of likely N-dealkylation sites (tertiary alicyclic amines) is 1. The first-order chi connectivity index (χ1) is 11.7. The Morgan fingerprint density at radius 1 is 1.42 bits per heavy atom. The summed E-state index contributed by atoms with van der Waals surface area (Å²) in [6.45, 7) is 4.59. The highest BCUT2D eigenvalue weighted by atomic mass is 16.5. The van der Waals surface area contributed by atoms with E-state index < -0.39 is 0 Å². The van der Waals surface area contributed by atoms with Crippen molar-refractivity contribution < 1.29 is 19.4 Å². The summed E-state index contributed by atoms with van der Waals surface area (Å²) in [7, 11) is 0. The van der Waals surface area contributed by atoms with Crippen LogP contribution in [0.1, 0.15) is 43.0 Å². The molecule has 1 aromatic rings. The molecule has 1 aromatic carbocycles. The first-order valence-corrected chi connectivity index (χ1v) is 9.00. The van der Waals surface area contributed by atoms with Gasteiger partial charge in [0.2, 0.25) is 0 Å². The first-order valence-electron chi connectivity index (χ1n) is 9.00. The van der Waals surface area contributed by atoms with Gasteiger partial charge in [-0.25, -0.2) is 0 Å². The molecule has 132 valence electrons. The second-order valence-corrected chi connectivity index (χ2v) is 6.68. The summed E-state index contributed by atoms with van der Waals surface area (Å²) in [4.78, 5) is 14.9. The van der Waals surface area contributed by atoms with Crippen LogP contribution < -0.4 is 4.74 Å². The van der Waals surface area contributed by atoms with Crippen molar-refractivity contribution in [2.24, 2.45) is 5.92 Å². The van der Waals surface area contributed by atoms with E-state index in [2.05, 4.69) is 6.92 Å². The average Bonchev–Trinajstić information content (AvgIpc) is 3.09. The number of rotatable bonds is 5. The fourth-order valence-corrected chi connectivity index (χ4v) is 3.71. The van der Waals surface area contributed by atoms with Gasteiger partial charge >= 0.3 is 0 Å². The van der Waals surface area contributed by atoms with Crippen molar-refractivity contribution in [2.45, 2.75) is 44.8 Å². The molecule has 2 aliphatic heterocycles. The van der Waals surface area contributed by atoms with Crippen molar-refractivity contribution in [1.82, 2.24) is 4.90 Å². The van der Waals surface area contributed by atoms with Crippen molar-refractivity contribution in [3.8, 4) is 5.75 Å². The number of ether oxygens (including phenoxy) is 2. The minimum atomic E-state index is -0.378. The summed E-state index contributed by atoms with van der Waals surface area (Å²) < 4.78 is 11.2. The van der Waals surface area contributed by atoms with Crippen LogP contribution in [0.2, 0.25) is 0 Å². The maximum Gasteiger partial charge on any atom is 0.254 e. The first kappa shape index (κ1) is 17.2. The lowest BCUT2D eigenvalue weighted by Crippen LogP contribution is -2.48. The maximum absolute atomic E-state index is 13.0. The van der Waals surface area contributed by atoms with E-state index in [9.17, 15) is 9.90 Å². The second kappa shape index (κ2) is 7.99. The summed E-state index contributed by atoms with van der Waals surface area (Å²) >= 11 is 0. The standard InChI is InChI=1S/C19H27NO4/c1-2-10-24-15-6-3-5-14(12-15)19(22)20-9-4-7-17(20)16-13-23-11-8-18(16)21/h3,5-6,12,16-18,21H,2,4,7-11,13H2,1H3/t16-,17-,18-/m1/s1. The van der Waals surface area contributed by atoms with E-state index in [1.807, 2.05) is 29.2 Å². The topological polar surface area (TPSA) is 59.0 Å². The fraction of sp³-hybridized carbons (Fsp3) is 0.632. The summed E-state index contributed by atoms with van der Waals surface area (Å²) in [5.41, 5.74) is 0.654. The molecule has 0 spiro atoms. The molecule has 2 saturated heterocycles. The largest absolute Gasteiger partial charge is 0.494 e. The highest BCUT2D eigenvalue weighted by Crippen LogP contribution is 2.31. The van der Waals surface area contributed by atoms with Gasteiger partial charge in [0, 0.05) is 30.7 Å². The molecule has 0 bridgehead atoms. The van der Waals surface area contributed by atoms with Gasteiger partial charge in [-0.05, 0) is 43.9 Å². The van der Waals surface area contributed by atoms with Crippen molar-refractivity contribution in [3.05, 3.63) is 29.8 Å². The average molecular weight is 333 g/mol. The Morgan fingerprint density at radius 2 is 2.29 bits per heavy atom. The number of hydrogen-bond donors (Lipinski definition) is 1. The number of nitrogens with zero attached hydrogens (tertiary/aromatic N) is 1. The van der Waals surface area contributed by atoms with E-state index in [4.69, 9.17) is 9.47 Å². The third-order valence-corrected chi connectivity index (χ3v) is 4.97. The van der Waals surface area contributed by atoms with E-state index in [1.165, 1.54) is 0 Å². The number of carbonyl (C=O) groups is 1. The normalized spacial score (nSPS) is 27.2. The van der Waals surface area contributed by atoms with E-state index in [0.29, 0.717) is 31.8 Å². The molecule has 0 aliphatic carbocycles. The second-order valence-electron chi connectivity index (χ2n) is 6.68. The number of carbonyl (C=O) groups excluding carboxylic acids is 1. The SMILES string of the molecule is CCCOc1cccc(C(=O)N2CCC[C@@H]2[C@H]2COCC[C@H]2O)c1. The van der Waals surface area contributed by atoms with E-state index in [1.54, 1.807) is 0 Å². The van der Waals surface area contributed by atoms with Crippen molar-refractivity contribution >= 4 is 5.91 Å². The van der Waals surface area contributed by atoms with Crippen LogP contribution >= 0.6 is 0 Å². The quantitative estimate of drug-likeness (QED) is 0.899. The molecular formula is C19H27NO4. The van der Waals surface area contributed by atoms with Crippen LogP contribution in [0, 0.1) is 5.92 Å². The lowest BCUT2D eigenvalue weighted by Gasteiger charge is -2.37. The number of hydrogen-bond acceptors (Lipinski definition) is 4. The minimum absolute atomic E-state index is 0.0183. The van der Waals surface area contributed by atoms with Gasteiger partial charge in [0.05, 0.1) is 19.3 Å². The zero-order chi connectivity index (χ0) is 16.9. The van der Waals surface area contributed by atoms with Gasteiger partial charge in [0.1, 0.15) is 5.75 Å². The van der Waals surface area contributed by atoms with Crippen LogP contribution in [-0.2, 0) is 4.74 Å². The lowest BCUT2D eigenvalue weighted by atomic mass is 9.89. The van der Waals surface area contributed by atoms with Gasteiger partial charge < -0.3 is 19.5 Å². The molecule has 2 fully saturated rings. The number of amides is 1. The van der Waals surface area contributed by atoms with Crippen molar-refractivity contribution in [2.75, 3.05) is 26.4 Å². The molecule has 5 heteroatoms. The molecule has 0 saturated carbocycles. The Bertz CT molecular complexity index is 562. The van der Waals surface area contributed by atoms with Crippen LogP contribution in [0.5, 0.6) is 5.75 Å². The Kier molecular flexibility index (Phi) is 5.74. The Hall–Kier alpha value is -1.59. The highest BCUT2D eigenvalue weighted by molar-refractivity contribution is 5.95. The predicted octanol–water partition coefficient (Wildman–Crippen LogP) is 2.48. The number of aliphatic hydroxyl groups excluding tert-OH is 1. The molecule has 3 rings (SSSR count). The Labute approximate surface area is 143 Å². The zero-order valence-corrected chi connectivity index (χ0v) is 14.3. The van der Waals surface area contributed by atoms with Crippen LogP contribution in [0.4, 0.5) is 0 Å². The Morgan fingerprint density at radius 3 is 3.08 bits per heavy atom. The number of aliphatic hydroxyl groups is 1. The predicted molar refractivity (Wildman–Crippen MR) is 91.2 cm³/mol. The van der Waals surface area contributed by atoms with Crippen LogP contribution in [0.15, 0.2) is 24.3 Å². The molecule has 2 heterocycles. The molecular weight excluding hydrogens is 306 g/mol. The van der Waals surface area contributed by atoms with Crippen molar-refractivity contribution in [1.29, 1.82) is 0 Å². The summed E-state index contributed by atoms with van der Waals surface area (Å²) in [5, 5.41) is 10.3. The number of benzene rings is 1. The highest BCUT2D eigenvalue weighted by Gasteiger charge is 2.39. The molecule has 24 heavy (non-hydrogen) atoms. The molecule has 2 aliphatic rings. The smallest absolute Gasteiger partial charge is 0.254 e. The maximum atomic E-state index is 13.0. The van der Waals surface area contributed by atoms with Crippen LogP contribution in [0.25, 0.3) is 0 Å². The molecule has 3 atom stereocenters.